The van der Waals surface area contributed by atoms with Gasteiger partial charge in [0.15, 0.2) is 0 Å². The summed E-state index contributed by atoms with van der Waals surface area (Å²) in [7, 11) is 0. The molecule has 0 bridgehead atoms. The maximum Gasteiger partial charge on any atom is 0.255 e. The van der Waals surface area contributed by atoms with E-state index in [1.807, 2.05) is 0 Å². The summed E-state index contributed by atoms with van der Waals surface area (Å²) in [6.45, 7) is 0.223. The van der Waals surface area contributed by atoms with Crippen LogP contribution in [0.15, 0.2) is 85.2 Å². The Morgan fingerprint density at radius 3 is 2.47 bits per heavy atom. The minimum absolute atomic E-state index is 0.223. The lowest BCUT2D eigenvalue weighted by Gasteiger charge is -2.11. The molecule has 0 atom stereocenters. The number of hydrogen-bond acceptors (Lipinski definition) is 5. The summed E-state index contributed by atoms with van der Waals surface area (Å²) in [5, 5.41) is 5.77. The normalized spacial score (nSPS) is 10.4. The first-order valence-corrected chi connectivity index (χ1v) is 9.71. The van der Waals surface area contributed by atoms with Crippen molar-refractivity contribution < 1.29 is 18.3 Å². The highest BCUT2D eigenvalue weighted by molar-refractivity contribution is 5.99. The number of benzene rings is 2. The van der Waals surface area contributed by atoms with E-state index in [0.717, 1.165) is 5.56 Å². The lowest BCUT2D eigenvalue weighted by molar-refractivity contribution is 0.0951. The van der Waals surface area contributed by atoms with Crippen LogP contribution in [0.4, 0.5) is 20.3 Å². The molecule has 2 aromatic heterocycles. The van der Waals surface area contributed by atoms with Crippen LogP contribution >= 0.6 is 0 Å². The number of aromatic nitrogens is 2. The summed E-state index contributed by atoms with van der Waals surface area (Å²) in [5.41, 5.74) is 1.54. The third kappa shape index (κ3) is 5.42. The molecule has 0 unspecified atom stereocenters. The average Bonchev–Trinajstić information content (AvgIpc) is 2.79. The van der Waals surface area contributed by atoms with E-state index < -0.39 is 11.6 Å². The van der Waals surface area contributed by atoms with Crippen LogP contribution in [-0.2, 0) is 6.54 Å². The van der Waals surface area contributed by atoms with Crippen LogP contribution in [0.2, 0.25) is 0 Å². The van der Waals surface area contributed by atoms with Crippen molar-refractivity contribution >= 4 is 17.4 Å². The molecule has 2 N–H and O–H groups in total. The zero-order valence-electron chi connectivity index (χ0n) is 16.8. The Morgan fingerprint density at radius 1 is 0.906 bits per heavy atom. The van der Waals surface area contributed by atoms with Crippen LogP contribution in [0.1, 0.15) is 15.9 Å². The fourth-order valence-corrected chi connectivity index (χ4v) is 2.90. The fourth-order valence-electron chi connectivity index (χ4n) is 2.90. The quantitative estimate of drug-likeness (QED) is 0.419. The van der Waals surface area contributed by atoms with Gasteiger partial charge in [-0.1, -0.05) is 18.2 Å². The highest BCUT2D eigenvalue weighted by atomic mass is 19.1. The van der Waals surface area contributed by atoms with Crippen LogP contribution in [-0.4, -0.2) is 15.9 Å². The van der Waals surface area contributed by atoms with Gasteiger partial charge in [0.25, 0.3) is 5.91 Å². The number of ether oxygens (including phenoxy) is 1. The molecular formula is C24H18F2N4O2. The van der Waals surface area contributed by atoms with Gasteiger partial charge in [-0.15, -0.1) is 0 Å². The van der Waals surface area contributed by atoms with Gasteiger partial charge in [-0.05, 0) is 48.0 Å². The maximum atomic E-state index is 13.4. The van der Waals surface area contributed by atoms with Crippen molar-refractivity contribution in [3.8, 4) is 11.6 Å². The predicted octanol–water partition coefficient (Wildman–Crippen LogP) is 5.22. The molecule has 2 aromatic carbocycles. The van der Waals surface area contributed by atoms with Crippen molar-refractivity contribution in [1.82, 2.24) is 15.3 Å². The molecule has 0 aliphatic heterocycles. The maximum absolute atomic E-state index is 13.4. The Labute approximate surface area is 182 Å². The van der Waals surface area contributed by atoms with Gasteiger partial charge in [-0.3, -0.25) is 4.79 Å². The van der Waals surface area contributed by atoms with Gasteiger partial charge < -0.3 is 15.4 Å². The van der Waals surface area contributed by atoms with E-state index >= 15 is 0 Å². The SMILES string of the molecule is O=C(NCc1ccc(Oc2cccc(F)c2)nc1)c1cccnc1Nc1cccc(F)c1. The molecule has 2 heterocycles. The molecular weight excluding hydrogens is 414 g/mol. The fraction of sp³-hybridized carbons (Fsp3) is 0.0417. The van der Waals surface area contributed by atoms with Crippen molar-refractivity contribution in [2.75, 3.05) is 5.32 Å². The molecule has 0 aliphatic rings. The Bertz CT molecular complexity index is 1230. The molecule has 6 nitrogen and oxygen atoms in total. The molecule has 0 saturated heterocycles. The lowest BCUT2D eigenvalue weighted by Crippen LogP contribution is -2.24. The Kier molecular flexibility index (Phi) is 6.31. The molecule has 0 saturated carbocycles. The van der Waals surface area contributed by atoms with Crippen LogP contribution in [0.5, 0.6) is 11.6 Å². The van der Waals surface area contributed by atoms with Gasteiger partial charge >= 0.3 is 0 Å². The number of nitrogens with one attached hydrogen (secondary N) is 2. The number of carbonyl (C=O) groups is 1. The van der Waals surface area contributed by atoms with E-state index in [9.17, 15) is 13.6 Å². The molecule has 0 radical (unpaired) electrons. The zero-order chi connectivity index (χ0) is 22.3. The molecule has 8 heteroatoms. The number of halogens is 2. The number of pyridine rings is 2. The number of nitrogens with zero attached hydrogens (tertiary/aromatic N) is 2. The molecule has 4 rings (SSSR count). The van der Waals surface area contributed by atoms with Gasteiger partial charge in [0.05, 0.1) is 5.56 Å². The highest BCUT2D eigenvalue weighted by Crippen LogP contribution is 2.21. The summed E-state index contributed by atoms with van der Waals surface area (Å²) in [4.78, 5) is 21.1. The molecule has 1 amide bonds. The van der Waals surface area contributed by atoms with Gasteiger partial charge in [0, 0.05) is 36.8 Å². The number of anilines is 2. The van der Waals surface area contributed by atoms with Crippen LogP contribution in [0, 0.1) is 11.6 Å². The Hall–Kier alpha value is -4.33. The second-order valence-corrected chi connectivity index (χ2v) is 6.78. The number of amides is 1. The second-order valence-electron chi connectivity index (χ2n) is 6.78. The van der Waals surface area contributed by atoms with Gasteiger partial charge in [0.1, 0.15) is 23.2 Å². The standard InChI is InChI=1S/C24H18F2N4O2/c25-17-4-1-6-19(12-17)30-23-21(8-3-11-27-23)24(31)29-15-16-9-10-22(28-14-16)32-20-7-2-5-18(26)13-20/h1-14H,15H2,(H,27,30)(H,29,31). The molecule has 4 aromatic rings. The van der Waals surface area contributed by atoms with Gasteiger partial charge in [-0.25, -0.2) is 18.7 Å². The highest BCUT2D eigenvalue weighted by Gasteiger charge is 2.13. The van der Waals surface area contributed by atoms with E-state index in [4.69, 9.17) is 4.74 Å². The summed E-state index contributed by atoms with van der Waals surface area (Å²) in [5.74, 6) is -0.185. The predicted molar refractivity (Wildman–Crippen MR) is 116 cm³/mol. The molecule has 0 fully saturated rings. The Balaban J connectivity index is 1.38. The first kappa shape index (κ1) is 20.9. The molecule has 32 heavy (non-hydrogen) atoms. The van der Waals surface area contributed by atoms with Crippen molar-refractivity contribution in [2.45, 2.75) is 6.54 Å². The molecule has 160 valence electrons. The average molecular weight is 432 g/mol. The topological polar surface area (TPSA) is 76.1 Å². The third-order valence-electron chi connectivity index (χ3n) is 4.41. The van der Waals surface area contributed by atoms with Gasteiger partial charge in [-0.2, -0.15) is 0 Å². The van der Waals surface area contributed by atoms with Crippen molar-refractivity contribution in [2.24, 2.45) is 0 Å². The third-order valence-corrected chi connectivity index (χ3v) is 4.41. The number of hydrogen-bond donors (Lipinski definition) is 2. The second kappa shape index (κ2) is 9.65. The van der Waals surface area contributed by atoms with E-state index in [1.54, 1.807) is 60.9 Å². The van der Waals surface area contributed by atoms with E-state index in [2.05, 4.69) is 20.6 Å². The number of rotatable bonds is 7. The monoisotopic (exact) mass is 432 g/mol. The van der Waals surface area contributed by atoms with Crippen LogP contribution < -0.4 is 15.4 Å². The minimum atomic E-state index is -0.400. The lowest BCUT2D eigenvalue weighted by atomic mass is 10.2. The summed E-state index contributed by atoms with van der Waals surface area (Å²) >= 11 is 0. The van der Waals surface area contributed by atoms with Crippen molar-refractivity contribution in [3.05, 3.63) is 108 Å². The van der Waals surface area contributed by atoms with Crippen LogP contribution in [0.3, 0.4) is 0 Å². The first-order valence-electron chi connectivity index (χ1n) is 9.71. The summed E-state index contributed by atoms with van der Waals surface area (Å²) < 4.78 is 32.2. The summed E-state index contributed by atoms with van der Waals surface area (Å²) in [6.07, 6.45) is 3.10. The van der Waals surface area contributed by atoms with E-state index in [-0.39, 0.29) is 12.5 Å². The smallest absolute Gasteiger partial charge is 0.255 e. The van der Waals surface area contributed by atoms with Crippen molar-refractivity contribution in [3.63, 3.8) is 0 Å². The number of carbonyl (C=O) groups excluding carboxylic acids is 1. The first-order chi connectivity index (χ1) is 15.6. The molecule has 0 aliphatic carbocycles. The van der Waals surface area contributed by atoms with Crippen LogP contribution in [0.25, 0.3) is 0 Å². The molecule has 0 spiro atoms. The van der Waals surface area contributed by atoms with E-state index in [0.29, 0.717) is 28.7 Å². The minimum Gasteiger partial charge on any atom is -0.439 e. The van der Waals surface area contributed by atoms with Crippen molar-refractivity contribution in [1.29, 1.82) is 0 Å². The van der Waals surface area contributed by atoms with Gasteiger partial charge in [0.2, 0.25) is 5.88 Å². The largest absolute Gasteiger partial charge is 0.439 e. The van der Waals surface area contributed by atoms with E-state index in [1.165, 1.54) is 24.3 Å². The Morgan fingerprint density at radius 2 is 1.72 bits per heavy atom. The zero-order valence-corrected chi connectivity index (χ0v) is 16.8. The summed E-state index contributed by atoms with van der Waals surface area (Å²) in [6, 6.07) is 18.3.